The van der Waals surface area contributed by atoms with Gasteiger partial charge in [-0.1, -0.05) is 12.1 Å². The number of carbonyl (C=O) groups is 1. The normalized spacial score (nSPS) is 11.1. The Hall–Kier alpha value is -1.23. The minimum atomic E-state index is -0.465. The molecule has 1 amide bonds. The second-order valence-corrected chi connectivity index (χ2v) is 6.31. The summed E-state index contributed by atoms with van der Waals surface area (Å²) in [6.07, 6.45) is 0.328. The number of alkyl carbamates (subject to hydrolysis) is 1. The number of halogens is 1. The molecule has 1 aromatic rings. The van der Waals surface area contributed by atoms with Crippen LogP contribution >= 0.6 is 15.9 Å². The van der Waals surface area contributed by atoms with Crippen LogP contribution < -0.4 is 10.1 Å². The molecule has 1 N–H and O–H groups in total. The molecule has 0 aliphatic rings. The zero-order valence-electron chi connectivity index (χ0n) is 12.5. The second kappa shape index (κ2) is 7.53. The smallest absolute Gasteiger partial charge is 0.407 e. The number of amides is 1. The molecule has 4 nitrogen and oxygen atoms in total. The Morgan fingerprint density at radius 2 is 2.05 bits per heavy atom. The summed E-state index contributed by atoms with van der Waals surface area (Å²) in [5, 5.41) is 2.70. The summed E-state index contributed by atoms with van der Waals surface area (Å²) >= 11 is 3.49. The maximum absolute atomic E-state index is 11.4. The predicted octanol–water partition coefficient (Wildman–Crippen LogP) is 4.05. The van der Waals surface area contributed by atoms with E-state index in [0.29, 0.717) is 13.2 Å². The van der Waals surface area contributed by atoms with E-state index in [1.807, 2.05) is 45.9 Å². The molecular weight excluding hydrogens is 322 g/mol. The quantitative estimate of drug-likeness (QED) is 0.820. The standard InChI is InChI=1S/C15H22BrNO3/c1-11-7-5-8-12(13(11)16)19-10-6-9-17-14(18)20-15(2,3)4/h5,7-8H,6,9-10H2,1-4H3,(H,17,18). The lowest BCUT2D eigenvalue weighted by molar-refractivity contribution is 0.0525. The Labute approximate surface area is 129 Å². The maximum atomic E-state index is 11.4. The molecule has 0 saturated carbocycles. The average Bonchev–Trinajstić information content (AvgIpc) is 2.31. The van der Waals surface area contributed by atoms with E-state index in [2.05, 4.69) is 21.2 Å². The van der Waals surface area contributed by atoms with Gasteiger partial charge in [-0.2, -0.15) is 0 Å². The molecule has 0 heterocycles. The highest BCUT2D eigenvalue weighted by Crippen LogP contribution is 2.27. The molecule has 0 fully saturated rings. The summed E-state index contributed by atoms with van der Waals surface area (Å²) in [5.74, 6) is 0.822. The monoisotopic (exact) mass is 343 g/mol. The first kappa shape index (κ1) is 16.8. The van der Waals surface area contributed by atoms with Crippen molar-refractivity contribution in [1.82, 2.24) is 5.32 Å². The molecule has 5 heteroatoms. The summed E-state index contributed by atoms with van der Waals surface area (Å²) < 4.78 is 11.8. The molecule has 20 heavy (non-hydrogen) atoms. The number of nitrogens with one attached hydrogen (secondary N) is 1. The Balaban J connectivity index is 2.23. The summed E-state index contributed by atoms with van der Waals surface area (Å²) in [6, 6.07) is 5.88. The molecule has 0 aliphatic heterocycles. The van der Waals surface area contributed by atoms with Gasteiger partial charge in [0.05, 0.1) is 11.1 Å². The average molecular weight is 344 g/mol. The minimum absolute atomic E-state index is 0.394. The van der Waals surface area contributed by atoms with E-state index in [9.17, 15) is 4.79 Å². The molecule has 1 aromatic carbocycles. The summed E-state index contributed by atoms with van der Waals surface area (Å²) in [4.78, 5) is 11.4. The van der Waals surface area contributed by atoms with Crippen molar-refractivity contribution >= 4 is 22.0 Å². The van der Waals surface area contributed by atoms with Crippen LogP contribution in [0.25, 0.3) is 0 Å². The third-order valence-corrected chi connectivity index (χ3v) is 3.42. The molecule has 1 rings (SSSR count). The highest BCUT2D eigenvalue weighted by atomic mass is 79.9. The van der Waals surface area contributed by atoms with Gasteiger partial charge in [0.25, 0.3) is 0 Å². The molecule has 112 valence electrons. The zero-order valence-corrected chi connectivity index (χ0v) is 14.0. The SMILES string of the molecule is Cc1cccc(OCCCNC(=O)OC(C)(C)C)c1Br. The van der Waals surface area contributed by atoms with E-state index in [4.69, 9.17) is 9.47 Å². The van der Waals surface area contributed by atoms with Gasteiger partial charge >= 0.3 is 6.09 Å². The largest absolute Gasteiger partial charge is 0.492 e. The number of hydrogen-bond donors (Lipinski definition) is 1. The van der Waals surface area contributed by atoms with Crippen molar-refractivity contribution in [1.29, 1.82) is 0 Å². The second-order valence-electron chi connectivity index (χ2n) is 5.52. The fourth-order valence-electron chi connectivity index (χ4n) is 1.49. The fraction of sp³-hybridized carbons (Fsp3) is 0.533. The van der Waals surface area contributed by atoms with Crippen molar-refractivity contribution in [3.05, 3.63) is 28.2 Å². The number of carbonyl (C=O) groups excluding carboxylic acids is 1. The van der Waals surface area contributed by atoms with Crippen molar-refractivity contribution in [2.45, 2.75) is 39.7 Å². The molecule has 0 spiro atoms. The third-order valence-electron chi connectivity index (χ3n) is 2.40. The molecule has 0 radical (unpaired) electrons. The lowest BCUT2D eigenvalue weighted by Crippen LogP contribution is -2.33. The molecule has 0 saturated heterocycles. The van der Waals surface area contributed by atoms with E-state index >= 15 is 0 Å². The number of hydrogen-bond acceptors (Lipinski definition) is 3. The Bertz CT molecular complexity index is 455. The van der Waals surface area contributed by atoms with Gasteiger partial charge in [-0.05, 0) is 61.7 Å². The molecule has 0 bridgehead atoms. The van der Waals surface area contributed by atoms with E-state index in [1.54, 1.807) is 0 Å². The van der Waals surface area contributed by atoms with Crippen LogP contribution in [0.3, 0.4) is 0 Å². The number of aryl methyl sites for hydroxylation is 1. The Morgan fingerprint density at radius 3 is 2.70 bits per heavy atom. The van der Waals surface area contributed by atoms with Gasteiger partial charge in [0.15, 0.2) is 0 Å². The number of benzene rings is 1. The molecule has 0 atom stereocenters. The predicted molar refractivity (Wildman–Crippen MR) is 83.2 cm³/mol. The van der Waals surface area contributed by atoms with Gasteiger partial charge in [-0.15, -0.1) is 0 Å². The maximum Gasteiger partial charge on any atom is 0.407 e. The van der Waals surface area contributed by atoms with E-state index < -0.39 is 11.7 Å². The van der Waals surface area contributed by atoms with Gasteiger partial charge in [0.2, 0.25) is 0 Å². The summed E-state index contributed by atoms with van der Waals surface area (Å²) in [7, 11) is 0. The molecular formula is C15H22BrNO3. The van der Waals surface area contributed by atoms with Crippen LogP contribution in [0.2, 0.25) is 0 Å². The summed E-state index contributed by atoms with van der Waals surface area (Å²) in [5.41, 5.74) is 0.668. The topological polar surface area (TPSA) is 47.6 Å². The molecule has 0 aliphatic carbocycles. The van der Waals surface area contributed by atoms with Crippen LogP contribution in [0.5, 0.6) is 5.75 Å². The van der Waals surface area contributed by atoms with Gasteiger partial charge < -0.3 is 14.8 Å². The van der Waals surface area contributed by atoms with E-state index in [1.165, 1.54) is 0 Å². The van der Waals surface area contributed by atoms with Gasteiger partial charge in [-0.25, -0.2) is 4.79 Å². The Morgan fingerprint density at radius 1 is 1.35 bits per heavy atom. The number of ether oxygens (including phenoxy) is 2. The van der Waals surface area contributed by atoms with Crippen LogP contribution in [-0.2, 0) is 4.74 Å². The summed E-state index contributed by atoms with van der Waals surface area (Å²) in [6.45, 7) is 8.60. The first-order valence-corrected chi connectivity index (χ1v) is 7.43. The van der Waals surface area contributed by atoms with Crippen molar-refractivity contribution in [2.75, 3.05) is 13.2 Å². The lowest BCUT2D eigenvalue weighted by atomic mass is 10.2. The van der Waals surface area contributed by atoms with Gasteiger partial charge in [0, 0.05) is 6.54 Å². The van der Waals surface area contributed by atoms with Gasteiger partial charge in [0.1, 0.15) is 11.4 Å². The van der Waals surface area contributed by atoms with Crippen LogP contribution in [-0.4, -0.2) is 24.8 Å². The third kappa shape index (κ3) is 6.28. The van der Waals surface area contributed by atoms with Crippen LogP contribution in [0.15, 0.2) is 22.7 Å². The fourth-order valence-corrected chi connectivity index (χ4v) is 1.87. The molecule has 0 unspecified atom stereocenters. The van der Waals surface area contributed by atoms with Crippen molar-refractivity contribution in [3.8, 4) is 5.75 Å². The first-order valence-electron chi connectivity index (χ1n) is 6.64. The molecule has 0 aromatic heterocycles. The van der Waals surface area contributed by atoms with Crippen LogP contribution in [0, 0.1) is 6.92 Å². The van der Waals surface area contributed by atoms with Crippen LogP contribution in [0.1, 0.15) is 32.8 Å². The lowest BCUT2D eigenvalue weighted by Gasteiger charge is -2.19. The minimum Gasteiger partial charge on any atom is -0.492 e. The van der Waals surface area contributed by atoms with Crippen LogP contribution in [0.4, 0.5) is 4.79 Å². The van der Waals surface area contributed by atoms with Crippen molar-refractivity contribution in [2.24, 2.45) is 0 Å². The highest BCUT2D eigenvalue weighted by molar-refractivity contribution is 9.10. The van der Waals surface area contributed by atoms with Crippen molar-refractivity contribution in [3.63, 3.8) is 0 Å². The first-order chi connectivity index (χ1) is 9.29. The van der Waals surface area contributed by atoms with Gasteiger partial charge in [-0.3, -0.25) is 0 Å². The van der Waals surface area contributed by atoms with E-state index in [0.717, 1.165) is 22.2 Å². The highest BCUT2D eigenvalue weighted by Gasteiger charge is 2.15. The van der Waals surface area contributed by atoms with Crippen molar-refractivity contribution < 1.29 is 14.3 Å². The zero-order chi connectivity index (χ0) is 15.2. The van der Waals surface area contributed by atoms with E-state index in [-0.39, 0.29) is 0 Å². The number of rotatable bonds is 5. The Kier molecular flexibility index (Phi) is 6.33.